The lowest BCUT2D eigenvalue weighted by Crippen LogP contribution is -2.13. The predicted molar refractivity (Wildman–Crippen MR) is 80.0 cm³/mol. The molecule has 0 unspecified atom stereocenters. The lowest BCUT2D eigenvalue weighted by Gasteiger charge is -2.06. The predicted octanol–water partition coefficient (Wildman–Crippen LogP) is 2.31. The highest BCUT2D eigenvalue weighted by Crippen LogP contribution is 2.07. The van der Waals surface area contributed by atoms with E-state index in [4.69, 9.17) is 4.74 Å². The van der Waals surface area contributed by atoms with Crippen molar-refractivity contribution in [2.45, 2.75) is 19.9 Å². The summed E-state index contributed by atoms with van der Waals surface area (Å²) in [7, 11) is 2.59. The summed E-state index contributed by atoms with van der Waals surface area (Å²) in [6, 6.07) is 9.68. The average molecular weight is 289 g/mol. The van der Waals surface area contributed by atoms with E-state index in [1.807, 2.05) is 30.3 Å². The lowest BCUT2D eigenvalue weighted by atomic mass is 10.1. The zero-order valence-electron chi connectivity index (χ0n) is 12.5. The molecule has 21 heavy (non-hydrogen) atoms. The molecule has 0 aliphatic carbocycles. The van der Waals surface area contributed by atoms with Crippen LogP contribution in [0.2, 0.25) is 0 Å². The van der Waals surface area contributed by atoms with Crippen LogP contribution in [-0.2, 0) is 25.6 Å². The number of carbonyl (C=O) groups is 2. The average Bonchev–Trinajstić information content (AvgIpc) is 2.53. The quantitative estimate of drug-likeness (QED) is 0.458. The summed E-state index contributed by atoms with van der Waals surface area (Å²) in [5, 5.41) is 0. The Bertz CT molecular complexity index is 547. The van der Waals surface area contributed by atoms with Crippen LogP contribution in [0.15, 0.2) is 47.0 Å². The van der Waals surface area contributed by atoms with E-state index in [0.717, 1.165) is 5.56 Å². The van der Waals surface area contributed by atoms with Crippen molar-refractivity contribution in [2.24, 2.45) is 4.99 Å². The maximum absolute atomic E-state index is 11.7. The van der Waals surface area contributed by atoms with Crippen LogP contribution in [-0.4, -0.2) is 31.9 Å². The molecule has 0 aromatic heterocycles. The van der Waals surface area contributed by atoms with Crippen molar-refractivity contribution in [3.8, 4) is 0 Å². The molecule has 0 spiro atoms. The zero-order chi connectivity index (χ0) is 15.7. The van der Waals surface area contributed by atoms with Crippen molar-refractivity contribution in [3.05, 3.63) is 47.5 Å². The van der Waals surface area contributed by atoms with E-state index in [1.54, 1.807) is 6.92 Å². The van der Waals surface area contributed by atoms with Gasteiger partial charge in [-0.2, -0.15) is 0 Å². The van der Waals surface area contributed by atoms with Gasteiger partial charge in [0.1, 0.15) is 0 Å². The van der Waals surface area contributed by atoms with Crippen LogP contribution in [0.3, 0.4) is 0 Å². The summed E-state index contributed by atoms with van der Waals surface area (Å²) in [5.74, 6) is -0.944. The van der Waals surface area contributed by atoms with Crippen molar-refractivity contribution in [3.63, 3.8) is 0 Å². The highest BCUT2D eigenvalue weighted by Gasteiger charge is 2.13. The molecule has 0 heterocycles. The monoisotopic (exact) mass is 289 g/mol. The SMILES string of the molecule is COC(=O)CC=C(C(=O)OC)C(C)=NCc1ccccc1. The third-order valence-electron chi connectivity index (χ3n) is 2.84. The number of nitrogens with zero attached hydrogens (tertiary/aromatic N) is 1. The van der Waals surface area contributed by atoms with E-state index in [0.29, 0.717) is 12.3 Å². The number of hydrogen-bond donors (Lipinski definition) is 0. The van der Waals surface area contributed by atoms with Gasteiger partial charge in [0, 0.05) is 5.71 Å². The first kappa shape index (κ1) is 16.6. The number of esters is 2. The van der Waals surface area contributed by atoms with Gasteiger partial charge in [0.2, 0.25) is 0 Å². The molecule has 0 aliphatic rings. The number of ether oxygens (including phenoxy) is 2. The Hall–Kier alpha value is -2.43. The Labute approximate surface area is 124 Å². The molecule has 5 heteroatoms. The number of hydrogen-bond acceptors (Lipinski definition) is 5. The summed E-state index contributed by atoms with van der Waals surface area (Å²) in [4.78, 5) is 27.3. The maximum atomic E-state index is 11.7. The molecule has 0 bridgehead atoms. The van der Waals surface area contributed by atoms with Gasteiger partial charge in [-0.1, -0.05) is 36.4 Å². The fourth-order valence-electron chi connectivity index (χ4n) is 1.64. The Morgan fingerprint density at radius 2 is 1.81 bits per heavy atom. The van der Waals surface area contributed by atoms with Crippen LogP contribution >= 0.6 is 0 Å². The number of benzene rings is 1. The molecule has 0 atom stereocenters. The van der Waals surface area contributed by atoms with Crippen LogP contribution in [0.25, 0.3) is 0 Å². The van der Waals surface area contributed by atoms with E-state index < -0.39 is 11.9 Å². The minimum absolute atomic E-state index is 0.000863. The Kier molecular flexibility index (Phi) is 6.87. The van der Waals surface area contributed by atoms with Gasteiger partial charge in [-0.15, -0.1) is 0 Å². The van der Waals surface area contributed by atoms with E-state index in [9.17, 15) is 9.59 Å². The van der Waals surface area contributed by atoms with Crippen molar-refractivity contribution < 1.29 is 19.1 Å². The van der Waals surface area contributed by atoms with Crippen molar-refractivity contribution >= 4 is 17.7 Å². The molecule has 0 amide bonds. The van der Waals surface area contributed by atoms with E-state index in [2.05, 4.69) is 9.73 Å². The molecule has 0 saturated carbocycles. The van der Waals surface area contributed by atoms with Crippen molar-refractivity contribution in [1.29, 1.82) is 0 Å². The molecule has 0 fully saturated rings. The van der Waals surface area contributed by atoms with E-state index in [1.165, 1.54) is 20.3 Å². The van der Waals surface area contributed by atoms with Crippen LogP contribution in [0, 0.1) is 0 Å². The van der Waals surface area contributed by atoms with Crippen LogP contribution < -0.4 is 0 Å². The van der Waals surface area contributed by atoms with Crippen molar-refractivity contribution in [2.75, 3.05) is 14.2 Å². The first-order valence-corrected chi connectivity index (χ1v) is 6.49. The largest absolute Gasteiger partial charge is 0.469 e. The Balaban J connectivity index is 2.86. The second-order valence-corrected chi connectivity index (χ2v) is 4.28. The second kappa shape index (κ2) is 8.68. The van der Waals surface area contributed by atoms with Gasteiger partial charge < -0.3 is 9.47 Å². The van der Waals surface area contributed by atoms with E-state index >= 15 is 0 Å². The topological polar surface area (TPSA) is 65.0 Å². The standard InChI is InChI=1S/C16H19NO4/c1-12(17-11-13-7-5-4-6-8-13)14(16(19)21-3)9-10-15(18)20-2/h4-9H,10-11H2,1-3H3. The smallest absolute Gasteiger partial charge is 0.339 e. The number of rotatable bonds is 6. The summed E-state index contributed by atoms with van der Waals surface area (Å²) >= 11 is 0. The first-order chi connectivity index (χ1) is 10.1. The third kappa shape index (κ3) is 5.60. The van der Waals surface area contributed by atoms with Crippen molar-refractivity contribution in [1.82, 2.24) is 0 Å². The molecular formula is C16H19NO4. The van der Waals surface area contributed by atoms with Gasteiger partial charge in [0.15, 0.2) is 0 Å². The maximum Gasteiger partial charge on any atom is 0.339 e. The molecule has 1 aromatic rings. The molecule has 5 nitrogen and oxygen atoms in total. The van der Waals surface area contributed by atoms with Crippen LogP contribution in [0.1, 0.15) is 18.9 Å². The molecular weight excluding hydrogens is 270 g/mol. The molecule has 0 N–H and O–H groups in total. The minimum atomic E-state index is -0.520. The zero-order valence-corrected chi connectivity index (χ0v) is 12.5. The summed E-state index contributed by atoms with van der Waals surface area (Å²) in [5.41, 5.74) is 1.84. The van der Waals surface area contributed by atoms with Gasteiger partial charge in [-0.25, -0.2) is 4.79 Å². The fraction of sp³-hybridized carbons (Fsp3) is 0.312. The van der Waals surface area contributed by atoms with Crippen LogP contribution in [0.4, 0.5) is 0 Å². The van der Waals surface area contributed by atoms with Crippen LogP contribution in [0.5, 0.6) is 0 Å². The van der Waals surface area contributed by atoms with Gasteiger partial charge in [0.25, 0.3) is 0 Å². The highest BCUT2D eigenvalue weighted by molar-refractivity contribution is 6.19. The van der Waals surface area contributed by atoms with Gasteiger partial charge in [-0.05, 0) is 12.5 Å². The fourth-order valence-corrected chi connectivity index (χ4v) is 1.64. The van der Waals surface area contributed by atoms with Gasteiger partial charge in [0.05, 0.1) is 32.8 Å². The molecule has 0 aliphatic heterocycles. The highest BCUT2D eigenvalue weighted by atomic mass is 16.5. The number of methoxy groups -OCH3 is 2. The van der Waals surface area contributed by atoms with E-state index in [-0.39, 0.29) is 12.0 Å². The minimum Gasteiger partial charge on any atom is -0.469 e. The normalized spacial score (nSPS) is 12.0. The summed E-state index contributed by atoms with van der Waals surface area (Å²) in [6.07, 6.45) is 1.47. The third-order valence-corrected chi connectivity index (χ3v) is 2.84. The van der Waals surface area contributed by atoms with Gasteiger partial charge >= 0.3 is 11.9 Å². The number of carbonyl (C=O) groups excluding carboxylic acids is 2. The summed E-state index contributed by atoms with van der Waals surface area (Å²) in [6.45, 7) is 2.17. The lowest BCUT2D eigenvalue weighted by molar-refractivity contribution is -0.139. The first-order valence-electron chi connectivity index (χ1n) is 6.49. The molecule has 1 aromatic carbocycles. The Morgan fingerprint density at radius 3 is 2.38 bits per heavy atom. The molecule has 0 radical (unpaired) electrons. The van der Waals surface area contributed by atoms with Gasteiger partial charge in [-0.3, -0.25) is 9.79 Å². The molecule has 1 rings (SSSR count). The summed E-state index contributed by atoms with van der Waals surface area (Å²) < 4.78 is 9.26. The second-order valence-electron chi connectivity index (χ2n) is 4.28. The number of aliphatic imine (C=N–C) groups is 1. The molecule has 112 valence electrons. The Morgan fingerprint density at radius 1 is 1.14 bits per heavy atom. The molecule has 0 saturated heterocycles.